The molecule has 0 fully saturated rings. The third-order valence-electron chi connectivity index (χ3n) is 2.76. The molecule has 0 aliphatic carbocycles. The minimum Gasteiger partial charge on any atom is -0.493 e. The van der Waals surface area contributed by atoms with Crippen molar-refractivity contribution in [1.29, 1.82) is 0 Å². The number of hydrogen-bond donors (Lipinski definition) is 0. The Morgan fingerprint density at radius 2 is 2.06 bits per heavy atom. The van der Waals surface area contributed by atoms with Crippen molar-refractivity contribution in [3.05, 3.63) is 28.8 Å². The predicted octanol–water partition coefficient (Wildman–Crippen LogP) is 3.90. The number of terminal acetylenes is 1. The molecule has 1 heteroatoms. The third-order valence-corrected chi connectivity index (χ3v) is 2.76. The van der Waals surface area contributed by atoms with Crippen LogP contribution < -0.4 is 4.74 Å². The molecule has 0 aliphatic heterocycles. The molecule has 1 aromatic carbocycles. The number of aryl methyl sites for hydroxylation is 2. The summed E-state index contributed by atoms with van der Waals surface area (Å²) in [6, 6.07) is 4.35. The van der Waals surface area contributed by atoms with E-state index in [2.05, 4.69) is 45.7 Å². The summed E-state index contributed by atoms with van der Waals surface area (Å²) in [4.78, 5) is 0. The zero-order valence-corrected chi connectivity index (χ0v) is 11.3. The van der Waals surface area contributed by atoms with Gasteiger partial charge in [-0.1, -0.05) is 31.5 Å². The molecular weight excluding hydrogens is 208 g/mol. The van der Waals surface area contributed by atoms with Crippen LogP contribution in [0, 0.1) is 32.1 Å². The van der Waals surface area contributed by atoms with Gasteiger partial charge in [0.15, 0.2) is 0 Å². The average Bonchev–Trinajstić information content (AvgIpc) is 2.27. The van der Waals surface area contributed by atoms with Gasteiger partial charge in [0.1, 0.15) is 5.75 Å². The summed E-state index contributed by atoms with van der Waals surface area (Å²) in [5, 5.41) is 0. The smallest absolute Gasteiger partial charge is 0.125 e. The van der Waals surface area contributed by atoms with Crippen molar-refractivity contribution >= 4 is 0 Å². The molecule has 0 N–H and O–H groups in total. The Kier molecular flexibility index (Phi) is 5.10. The standard InChI is InChI=1S/C16H22O/c1-6-8-17-16-14(5)9-13(4)11-15(16)10-12(3)7-2/h2,9,11-12H,6,8,10H2,1,3-5H3. The maximum Gasteiger partial charge on any atom is 0.125 e. The van der Waals surface area contributed by atoms with Crippen LogP contribution in [0.25, 0.3) is 0 Å². The van der Waals surface area contributed by atoms with Crippen LogP contribution in [-0.4, -0.2) is 6.61 Å². The van der Waals surface area contributed by atoms with E-state index >= 15 is 0 Å². The highest BCUT2D eigenvalue weighted by atomic mass is 16.5. The largest absolute Gasteiger partial charge is 0.493 e. The quantitative estimate of drug-likeness (QED) is 0.697. The highest BCUT2D eigenvalue weighted by Crippen LogP contribution is 2.27. The molecule has 0 aliphatic rings. The zero-order valence-electron chi connectivity index (χ0n) is 11.3. The minimum atomic E-state index is 0.250. The van der Waals surface area contributed by atoms with Crippen LogP contribution in [0.3, 0.4) is 0 Å². The fraction of sp³-hybridized carbons (Fsp3) is 0.500. The number of rotatable bonds is 5. The van der Waals surface area contributed by atoms with Crippen molar-refractivity contribution in [1.82, 2.24) is 0 Å². The first kappa shape index (κ1) is 13.6. The number of benzene rings is 1. The Morgan fingerprint density at radius 3 is 2.65 bits per heavy atom. The molecule has 92 valence electrons. The third kappa shape index (κ3) is 3.82. The maximum atomic E-state index is 5.85. The van der Waals surface area contributed by atoms with Gasteiger partial charge in [0.25, 0.3) is 0 Å². The van der Waals surface area contributed by atoms with Gasteiger partial charge in [-0.2, -0.15) is 0 Å². The van der Waals surface area contributed by atoms with Crippen LogP contribution in [-0.2, 0) is 6.42 Å². The summed E-state index contributed by atoms with van der Waals surface area (Å²) in [6.07, 6.45) is 7.37. The maximum absolute atomic E-state index is 5.85. The molecule has 1 atom stereocenters. The SMILES string of the molecule is C#CC(C)Cc1cc(C)cc(C)c1OCCC. The van der Waals surface area contributed by atoms with Gasteiger partial charge >= 0.3 is 0 Å². The number of ether oxygens (including phenoxy) is 1. The van der Waals surface area contributed by atoms with Gasteiger partial charge in [-0.15, -0.1) is 12.3 Å². The van der Waals surface area contributed by atoms with Gasteiger partial charge in [0, 0.05) is 5.92 Å². The molecular formula is C16H22O. The van der Waals surface area contributed by atoms with Crippen molar-refractivity contribution in [3.63, 3.8) is 0 Å². The molecule has 1 rings (SSSR count). The molecule has 0 aromatic heterocycles. The molecule has 0 saturated carbocycles. The Bertz CT molecular complexity index is 412. The van der Waals surface area contributed by atoms with E-state index in [-0.39, 0.29) is 5.92 Å². The van der Waals surface area contributed by atoms with Crippen LogP contribution in [0.5, 0.6) is 5.75 Å². The van der Waals surface area contributed by atoms with Gasteiger partial charge in [0.2, 0.25) is 0 Å². The lowest BCUT2D eigenvalue weighted by Crippen LogP contribution is -2.05. The topological polar surface area (TPSA) is 9.23 Å². The van der Waals surface area contributed by atoms with E-state index in [9.17, 15) is 0 Å². The molecule has 1 unspecified atom stereocenters. The fourth-order valence-electron chi connectivity index (χ4n) is 1.99. The van der Waals surface area contributed by atoms with Gasteiger partial charge in [-0.25, -0.2) is 0 Å². The lowest BCUT2D eigenvalue weighted by molar-refractivity contribution is 0.311. The van der Waals surface area contributed by atoms with E-state index in [1.807, 2.05) is 0 Å². The monoisotopic (exact) mass is 230 g/mol. The summed E-state index contributed by atoms with van der Waals surface area (Å²) >= 11 is 0. The van der Waals surface area contributed by atoms with Crippen molar-refractivity contribution in [2.45, 2.75) is 40.5 Å². The first-order chi connectivity index (χ1) is 8.08. The molecule has 17 heavy (non-hydrogen) atoms. The second kappa shape index (κ2) is 6.35. The van der Waals surface area contributed by atoms with E-state index in [1.54, 1.807) is 0 Å². The van der Waals surface area contributed by atoms with E-state index < -0.39 is 0 Å². The Hall–Kier alpha value is -1.42. The van der Waals surface area contributed by atoms with Crippen molar-refractivity contribution in [2.24, 2.45) is 5.92 Å². The van der Waals surface area contributed by atoms with Crippen LogP contribution in [0.1, 0.15) is 37.0 Å². The second-order valence-electron chi connectivity index (χ2n) is 4.69. The second-order valence-corrected chi connectivity index (χ2v) is 4.69. The lowest BCUT2D eigenvalue weighted by Gasteiger charge is -2.16. The van der Waals surface area contributed by atoms with Crippen LogP contribution in [0.4, 0.5) is 0 Å². The highest BCUT2D eigenvalue weighted by molar-refractivity contribution is 5.44. The molecule has 0 amide bonds. The average molecular weight is 230 g/mol. The van der Waals surface area contributed by atoms with Crippen molar-refractivity contribution in [2.75, 3.05) is 6.61 Å². The highest BCUT2D eigenvalue weighted by Gasteiger charge is 2.10. The van der Waals surface area contributed by atoms with Crippen molar-refractivity contribution < 1.29 is 4.74 Å². The normalized spacial score (nSPS) is 11.9. The summed E-state index contributed by atoms with van der Waals surface area (Å²) in [7, 11) is 0. The molecule has 0 bridgehead atoms. The van der Waals surface area contributed by atoms with Gasteiger partial charge < -0.3 is 4.74 Å². The predicted molar refractivity (Wildman–Crippen MR) is 73.4 cm³/mol. The van der Waals surface area contributed by atoms with E-state index in [0.29, 0.717) is 0 Å². The summed E-state index contributed by atoms with van der Waals surface area (Å²) in [5.41, 5.74) is 3.71. The van der Waals surface area contributed by atoms with Crippen molar-refractivity contribution in [3.8, 4) is 18.1 Å². The molecule has 0 radical (unpaired) electrons. The first-order valence-corrected chi connectivity index (χ1v) is 6.27. The summed E-state index contributed by atoms with van der Waals surface area (Å²) in [6.45, 7) is 9.17. The Labute approximate surface area is 105 Å². The fourth-order valence-corrected chi connectivity index (χ4v) is 1.99. The van der Waals surface area contributed by atoms with Crippen LogP contribution in [0.15, 0.2) is 12.1 Å². The molecule has 0 saturated heterocycles. The lowest BCUT2D eigenvalue weighted by atomic mass is 9.97. The number of hydrogen-bond acceptors (Lipinski definition) is 1. The first-order valence-electron chi connectivity index (χ1n) is 6.27. The molecule has 0 heterocycles. The molecule has 0 spiro atoms. The van der Waals surface area contributed by atoms with E-state index in [1.165, 1.54) is 16.7 Å². The van der Waals surface area contributed by atoms with E-state index in [0.717, 1.165) is 25.2 Å². The van der Waals surface area contributed by atoms with Gasteiger partial charge in [0.05, 0.1) is 6.61 Å². The Morgan fingerprint density at radius 1 is 1.35 bits per heavy atom. The summed E-state index contributed by atoms with van der Waals surface area (Å²) in [5.74, 6) is 4.06. The van der Waals surface area contributed by atoms with E-state index in [4.69, 9.17) is 11.2 Å². The molecule has 1 nitrogen and oxygen atoms in total. The van der Waals surface area contributed by atoms with Gasteiger partial charge in [-0.3, -0.25) is 0 Å². The molecule has 1 aromatic rings. The summed E-state index contributed by atoms with van der Waals surface area (Å²) < 4.78 is 5.85. The van der Waals surface area contributed by atoms with Gasteiger partial charge in [-0.05, 0) is 37.8 Å². The van der Waals surface area contributed by atoms with Crippen LogP contribution in [0.2, 0.25) is 0 Å². The van der Waals surface area contributed by atoms with Crippen LogP contribution >= 0.6 is 0 Å². The minimum absolute atomic E-state index is 0.250. The Balaban J connectivity index is 3.03. The zero-order chi connectivity index (χ0) is 12.8.